The van der Waals surface area contributed by atoms with Gasteiger partial charge in [-0.1, -0.05) is 54.6 Å². The number of aliphatic hydroxyl groups excluding tert-OH is 1. The van der Waals surface area contributed by atoms with Crippen LogP contribution in [-0.2, 0) is 19.0 Å². The Morgan fingerprint density at radius 2 is 0.944 bits per heavy atom. The highest BCUT2D eigenvalue weighted by Crippen LogP contribution is 2.22. The molecule has 8 nitrogen and oxygen atoms in total. The number of rotatable bonds is 10. The molecule has 3 aromatic carbocycles. The number of carbonyl (C=O) groups is 4. The molecule has 0 aliphatic carbocycles. The fourth-order valence-electron chi connectivity index (χ4n) is 3.27. The molecule has 0 heterocycles. The van der Waals surface area contributed by atoms with Crippen LogP contribution in [-0.4, -0.2) is 53.5 Å². The monoisotopic (exact) mass is 494 g/mol. The maximum Gasteiger partial charge on any atom is 0.345 e. The Labute approximate surface area is 206 Å². The Morgan fingerprint density at radius 3 is 1.28 bits per heavy atom. The fraction of sp³-hybridized carbons (Fsp3) is 0.185. The van der Waals surface area contributed by atoms with E-state index >= 15 is 0 Å². The molecule has 0 aliphatic heterocycles. The normalized spacial score (nSPS) is 14.0. The number of benzene rings is 3. The quantitative estimate of drug-likeness (QED) is 0.259. The Morgan fingerprint density at radius 1 is 0.611 bits per heavy atom. The Balaban J connectivity index is 1.97. The van der Waals surface area contributed by atoms with Crippen LogP contribution in [0.4, 0.5) is 4.39 Å². The van der Waals surface area contributed by atoms with Crippen LogP contribution in [0.5, 0.6) is 0 Å². The van der Waals surface area contributed by atoms with Crippen LogP contribution in [0.3, 0.4) is 0 Å². The summed E-state index contributed by atoms with van der Waals surface area (Å²) in [4.78, 5) is 50.1. The van der Waals surface area contributed by atoms with Crippen molar-refractivity contribution in [1.29, 1.82) is 0 Å². The van der Waals surface area contributed by atoms with E-state index in [2.05, 4.69) is 0 Å². The first-order valence-corrected chi connectivity index (χ1v) is 10.9. The Hall–Kier alpha value is -4.37. The third-order valence-electron chi connectivity index (χ3n) is 5.07. The van der Waals surface area contributed by atoms with E-state index in [4.69, 9.17) is 14.2 Å². The van der Waals surface area contributed by atoms with Crippen LogP contribution in [0.25, 0.3) is 0 Å². The van der Waals surface area contributed by atoms with E-state index in [-0.39, 0.29) is 16.7 Å². The van der Waals surface area contributed by atoms with Gasteiger partial charge in [-0.15, -0.1) is 0 Å². The van der Waals surface area contributed by atoms with E-state index in [9.17, 15) is 28.7 Å². The van der Waals surface area contributed by atoms with Gasteiger partial charge in [0.25, 0.3) is 0 Å². The molecule has 0 unspecified atom stereocenters. The molecular formula is C27H23FO8. The second-order valence-electron chi connectivity index (χ2n) is 7.71. The lowest BCUT2D eigenvalue weighted by atomic mass is 10.0. The van der Waals surface area contributed by atoms with Gasteiger partial charge in [-0.05, 0) is 43.3 Å². The SMILES string of the molecule is C[C@H](O)[C@H](OC(=O)c1ccccc1)[C@@H](OC(=O)c1ccccc1)[C@@H](OC(=O)c1ccccc1)C(=O)F. The number of esters is 3. The summed E-state index contributed by atoms with van der Waals surface area (Å²) in [5, 5.41) is 10.4. The summed E-state index contributed by atoms with van der Waals surface area (Å²) in [6.07, 6.45) is -7.70. The number of hydrogen-bond donors (Lipinski definition) is 1. The number of ether oxygens (including phenoxy) is 3. The molecule has 3 rings (SSSR count). The van der Waals surface area contributed by atoms with Gasteiger partial charge in [0.2, 0.25) is 6.10 Å². The van der Waals surface area contributed by atoms with Crippen molar-refractivity contribution in [2.24, 2.45) is 0 Å². The summed E-state index contributed by atoms with van der Waals surface area (Å²) < 4.78 is 30.1. The van der Waals surface area contributed by atoms with Crippen molar-refractivity contribution in [3.8, 4) is 0 Å². The summed E-state index contributed by atoms with van der Waals surface area (Å²) in [7, 11) is 0. The lowest BCUT2D eigenvalue weighted by Crippen LogP contribution is -2.52. The molecule has 0 radical (unpaired) electrons. The van der Waals surface area contributed by atoms with E-state index in [0.29, 0.717) is 0 Å². The van der Waals surface area contributed by atoms with Crippen LogP contribution in [0, 0.1) is 0 Å². The van der Waals surface area contributed by atoms with Crippen molar-refractivity contribution >= 4 is 23.9 Å². The molecule has 186 valence electrons. The van der Waals surface area contributed by atoms with Gasteiger partial charge < -0.3 is 19.3 Å². The smallest absolute Gasteiger partial charge is 0.345 e. The van der Waals surface area contributed by atoms with Gasteiger partial charge in [-0.2, -0.15) is 4.39 Å². The summed E-state index contributed by atoms with van der Waals surface area (Å²) in [5.41, 5.74) is 0.105. The third-order valence-corrected chi connectivity index (χ3v) is 5.07. The number of carbonyl (C=O) groups excluding carboxylic acids is 4. The average molecular weight is 494 g/mol. The molecule has 3 aromatic rings. The molecule has 4 atom stereocenters. The van der Waals surface area contributed by atoms with Crippen LogP contribution in [0.2, 0.25) is 0 Å². The van der Waals surface area contributed by atoms with Crippen molar-refractivity contribution in [2.45, 2.75) is 31.3 Å². The molecule has 9 heteroatoms. The van der Waals surface area contributed by atoms with Gasteiger partial charge in [0, 0.05) is 0 Å². The van der Waals surface area contributed by atoms with Gasteiger partial charge in [-0.3, -0.25) is 4.79 Å². The highest BCUT2D eigenvalue weighted by atomic mass is 19.1. The maximum atomic E-state index is 14.3. The zero-order chi connectivity index (χ0) is 26.1. The van der Waals surface area contributed by atoms with Crippen LogP contribution in [0.15, 0.2) is 91.0 Å². The standard InChI is InChI=1S/C27H23FO8/c1-17(29)21(34-25(31)18-11-5-2-6-12-18)22(35-26(32)19-13-7-3-8-14-19)23(24(28)30)36-27(33)20-15-9-4-10-16-20/h2-17,21-23,29H,1H3/t17-,21-,22+,23+/m0/s1. The first kappa shape index (κ1) is 26.2. The Kier molecular flexibility index (Phi) is 9.01. The van der Waals surface area contributed by atoms with E-state index in [1.54, 1.807) is 42.5 Å². The first-order valence-electron chi connectivity index (χ1n) is 10.9. The third kappa shape index (κ3) is 6.83. The lowest BCUT2D eigenvalue weighted by Gasteiger charge is -2.32. The van der Waals surface area contributed by atoms with Crippen LogP contribution in [0.1, 0.15) is 38.0 Å². The molecule has 0 aliphatic rings. The molecule has 0 saturated heterocycles. The minimum absolute atomic E-state index is 0.00763. The van der Waals surface area contributed by atoms with Crippen molar-refractivity contribution in [2.75, 3.05) is 0 Å². The van der Waals surface area contributed by atoms with Gasteiger partial charge in [0.05, 0.1) is 22.8 Å². The second kappa shape index (κ2) is 12.4. The van der Waals surface area contributed by atoms with Crippen LogP contribution < -0.4 is 0 Å². The van der Waals surface area contributed by atoms with E-state index in [1.165, 1.54) is 55.5 Å². The van der Waals surface area contributed by atoms with Crippen molar-refractivity contribution in [3.05, 3.63) is 108 Å². The maximum absolute atomic E-state index is 14.3. The lowest BCUT2D eigenvalue weighted by molar-refractivity contribution is -0.157. The minimum atomic E-state index is -2.34. The topological polar surface area (TPSA) is 116 Å². The minimum Gasteiger partial charge on any atom is -0.452 e. The molecular weight excluding hydrogens is 471 g/mol. The predicted octanol–water partition coefficient (Wildman–Crippen LogP) is 3.54. The molecule has 0 aromatic heterocycles. The summed E-state index contributed by atoms with van der Waals surface area (Å²) in [6, 6.07) is 20.4. The predicted molar refractivity (Wildman–Crippen MR) is 125 cm³/mol. The largest absolute Gasteiger partial charge is 0.452 e. The number of halogens is 1. The molecule has 0 spiro atoms. The van der Waals surface area contributed by atoms with Gasteiger partial charge in [-0.25, -0.2) is 14.4 Å². The number of hydrogen-bond acceptors (Lipinski definition) is 8. The molecule has 0 fully saturated rings. The Bertz CT molecular complexity index is 1180. The van der Waals surface area contributed by atoms with Crippen LogP contribution >= 0.6 is 0 Å². The van der Waals surface area contributed by atoms with Crippen molar-refractivity contribution in [1.82, 2.24) is 0 Å². The van der Waals surface area contributed by atoms with Crippen molar-refractivity contribution < 1.29 is 42.9 Å². The van der Waals surface area contributed by atoms with Gasteiger partial charge >= 0.3 is 23.9 Å². The molecule has 0 bridgehead atoms. The summed E-state index contributed by atoms with van der Waals surface area (Å²) in [6.45, 7) is 1.19. The van der Waals surface area contributed by atoms with E-state index in [0.717, 1.165) is 0 Å². The highest BCUT2D eigenvalue weighted by molar-refractivity contribution is 5.93. The highest BCUT2D eigenvalue weighted by Gasteiger charge is 2.45. The average Bonchev–Trinajstić information content (AvgIpc) is 2.90. The summed E-state index contributed by atoms with van der Waals surface area (Å²) in [5.74, 6) is -3.06. The zero-order valence-electron chi connectivity index (χ0n) is 19.2. The zero-order valence-corrected chi connectivity index (χ0v) is 19.2. The summed E-state index contributed by atoms with van der Waals surface area (Å²) >= 11 is 0. The second-order valence-corrected chi connectivity index (χ2v) is 7.71. The first-order chi connectivity index (χ1) is 17.3. The molecule has 0 saturated carbocycles. The molecule has 0 amide bonds. The van der Waals surface area contributed by atoms with E-state index < -0.39 is 48.4 Å². The van der Waals surface area contributed by atoms with Gasteiger partial charge in [0.15, 0.2) is 12.2 Å². The molecule has 1 N–H and O–H groups in total. The van der Waals surface area contributed by atoms with E-state index in [1.807, 2.05) is 0 Å². The fourth-order valence-corrected chi connectivity index (χ4v) is 3.27. The number of aliphatic hydroxyl groups is 1. The van der Waals surface area contributed by atoms with Crippen molar-refractivity contribution in [3.63, 3.8) is 0 Å². The molecule has 36 heavy (non-hydrogen) atoms. The van der Waals surface area contributed by atoms with Gasteiger partial charge in [0.1, 0.15) is 0 Å².